The number of furan rings is 1. The van der Waals surface area contributed by atoms with Gasteiger partial charge in [-0.25, -0.2) is 22.5 Å². The number of aliphatic hydroxyl groups is 1. The van der Waals surface area contributed by atoms with E-state index in [4.69, 9.17) is 4.42 Å². The molecular weight excluding hydrogens is 425 g/mol. The summed E-state index contributed by atoms with van der Waals surface area (Å²) < 4.78 is 49.6. The zero-order valence-electron chi connectivity index (χ0n) is 16.6. The van der Waals surface area contributed by atoms with Crippen LogP contribution in [0.2, 0.25) is 0 Å². The Bertz CT molecular complexity index is 1390. The first-order valence-corrected chi connectivity index (χ1v) is 11.4. The van der Waals surface area contributed by atoms with E-state index in [1.54, 1.807) is 24.4 Å². The number of fused-ring (bicyclic) bond motifs is 2. The minimum absolute atomic E-state index is 0.115. The van der Waals surface area contributed by atoms with Crippen molar-refractivity contribution in [3.63, 3.8) is 0 Å². The predicted octanol–water partition coefficient (Wildman–Crippen LogP) is 2.52. The fraction of sp³-hybridized carbons (Fsp3) is 0.300. The lowest BCUT2D eigenvalue weighted by molar-refractivity contribution is 0.141. The summed E-state index contributed by atoms with van der Waals surface area (Å²) in [5.74, 6) is -0.612. The summed E-state index contributed by atoms with van der Waals surface area (Å²) >= 11 is 0. The molecule has 0 aliphatic carbocycles. The van der Waals surface area contributed by atoms with Gasteiger partial charge in [0.05, 0.1) is 10.8 Å². The molecule has 1 fully saturated rings. The second-order valence-electron chi connectivity index (χ2n) is 7.35. The molecule has 2 N–H and O–H groups in total. The van der Waals surface area contributed by atoms with E-state index in [1.807, 2.05) is 11.8 Å². The number of nitrogens with zero attached hydrogens (tertiary/aromatic N) is 4. The first-order chi connectivity index (χ1) is 14.9. The van der Waals surface area contributed by atoms with Crippen molar-refractivity contribution in [1.29, 1.82) is 0 Å². The molecule has 3 aromatic heterocycles. The number of aromatic nitrogens is 3. The van der Waals surface area contributed by atoms with Crippen molar-refractivity contribution in [2.24, 2.45) is 0 Å². The third kappa shape index (κ3) is 3.34. The Kier molecular flexibility index (Phi) is 4.68. The zero-order chi connectivity index (χ0) is 21.8. The molecule has 0 radical (unpaired) electrons. The highest BCUT2D eigenvalue weighted by Gasteiger charge is 2.28. The quantitative estimate of drug-likeness (QED) is 0.439. The van der Waals surface area contributed by atoms with Gasteiger partial charge in [0, 0.05) is 37.6 Å². The SMILES string of the molecule is CCn1nc(S(=O)(=O)NC(O)c2cc3c(F)cc(N4CCC4)cc3o2)c2cccnc21. The van der Waals surface area contributed by atoms with E-state index in [0.717, 1.165) is 19.5 Å². The molecule has 5 rings (SSSR count). The maximum atomic E-state index is 14.5. The number of anilines is 1. The largest absolute Gasteiger partial charge is 0.457 e. The number of pyridine rings is 1. The number of benzene rings is 1. The minimum Gasteiger partial charge on any atom is -0.457 e. The van der Waals surface area contributed by atoms with Crippen molar-refractivity contribution in [3.05, 3.63) is 48.1 Å². The molecule has 1 atom stereocenters. The molecule has 1 unspecified atom stereocenters. The van der Waals surface area contributed by atoms with Crippen molar-refractivity contribution >= 4 is 37.7 Å². The Labute approximate surface area is 177 Å². The number of aliphatic hydroxyl groups excluding tert-OH is 1. The summed E-state index contributed by atoms with van der Waals surface area (Å²) in [5, 5.41) is 14.9. The van der Waals surface area contributed by atoms with Crippen molar-refractivity contribution in [1.82, 2.24) is 19.5 Å². The van der Waals surface area contributed by atoms with Gasteiger partial charge in [0.15, 0.2) is 11.9 Å². The van der Waals surface area contributed by atoms with Crippen molar-refractivity contribution in [3.8, 4) is 0 Å². The molecule has 1 aliphatic rings. The first-order valence-electron chi connectivity index (χ1n) is 9.87. The number of rotatable bonds is 6. The van der Waals surface area contributed by atoms with E-state index in [9.17, 15) is 17.9 Å². The molecule has 0 spiro atoms. The van der Waals surface area contributed by atoms with Gasteiger partial charge in [-0.3, -0.25) is 0 Å². The van der Waals surface area contributed by atoms with Gasteiger partial charge in [-0.2, -0.15) is 9.82 Å². The molecule has 0 bridgehead atoms. The molecule has 0 saturated carbocycles. The number of aryl methyl sites for hydroxylation is 1. The second kappa shape index (κ2) is 7.29. The van der Waals surface area contributed by atoms with Crippen LogP contribution in [0.1, 0.15) is 25.3 Å². The molecule has 9 nitrogen and oxygen atoms in total. The van der Waals surface area contributed by atoms with Gasteiger partial charge >= 0.3 is 0 Å². The van der Waals surface area contributed by atoms with Crippen molar-refractivity contribution in [2.45, 2.75) is 31.1 Å². The highest BCUT2D eigenvalue weighted by molar-refractivity contribution is 7.89. The molecule has 31 heavy (non-hydrogen) atoms. The summed E-state index contributed by atoms with van der Waals surface area (Å²) in [7, 11) is -4.22. The van der Waals surface area contributed by atoms with Crippen LogP contribution in [0.4, 0.5) is 10.1 Å². The third-order valence-corrected chi connectivity index (χ3v) is 6.72. The Hall–Kier alpha value is -3.02. The maximum Gasteiger partial charge on any atom is 0.263 e. The van der Waals surface area contributed by atoms with Crippen LogP contribution in [0.5, 0.6) is 0 Å². The van der Waals surface area contributed by atoms with Gasteiger partial charge in [0.1, 0.15) is 17.2 Å². The fourth-order valence-electron chi connectivity index (χ4n) is 3.65. The van der Waals surface area contributed by atoms with Crippen molar-refractivity contribution < 1.29 is 22.3 Å². The summed E-state index contributed by atoms with van der Waals surface area (Å²) in [6.45, 7) is 3.92. The second-order valence-corrected chi connectivity index (χ2v) is 8.98. The molecule has 1 aromatic carbocycles. The highest BCUT2D eigenvalue weighted by Crippen LogP contribution is 2.32. The zero-order valence-corrected chi connectivity index (χ0v) is 17.4. The van der Waals surface area contributed by atoms with E-state index in [1.165, 1.54) is 16.8 Å². The van der Waals surface area contributed by atoms with Gasteiger partial charge in [0.2, 0.25) is 5.03 Å². The van der Waals surface area contributed by atoms with Gasteiger partial charge in [-0.1, -0.05) is 0 Å². The van der Waals surface area contributed by atoms with Gasteiger partial charge < -0.3 is 14.4 Å². The lowest BCUT2D eigenvalue weighted by Gasteiger charge is -2.33. The first kappa shape index (κ1) is 19.9. The number of nitrogens with one attached hydrogen (secondary N) is 1. The van der Waals surface area contributed by atoms with Gasteiger partial charge in [-0.05, 0) is 37.6 Å². The van der Waals surface area contributed by atoms with E-state index < -0.39 is 22.1 Å². The Morgan fingerprint density at radius 2 is 2.10 bits per heavy atom. The predicted molar refractivity (Wildman–Crippen MR) is 111 cm³/mol. The molecule has 1 saturated heterocycles. The summed E-state index contributed by atoms with van der Waals surface area (Å²) in [6.07, 6.45) is 0.871. The molecule has 0 amide bonds. The van der Waals surface area contributed by atoms with E-state index in [0.29, 0.717) is 23.3 Å². The molecular formula is C20H20FN5O4S. The monoisotopic (exact) mass is 445 g/mol. The molecule has 4 heterocycles. The lowest BCUT2D eigenvalue weighted by atomic mass is 10.1. The fourth-order valence-corrected chi connectivity index (χ4v) is 4.83. The highest BCUT2D eigenvalue weighted by atomic mass is 32.2. The topological polar surface area (TPSA) is 113 Å². The molecule has 162 valence electrons. The van der Waals surface area contributed by atoms with Crippen LogP contribution in [0.25, 0.3) is 22.0 Å². The van der Waals surface area contributed by atoms with E-state index in [2.05, 4.69) is 14.8 Å². The summed E-state index contributed by atoms with van der Waals surface area (Å²) in [5.41, 5.74) is 1.35. The van der Waals surface area contributed by atoms with Crippen molar-refractivity contribution in [2.75, 3.05) is 18.0 Å². The van der Waals surface area contributed by atoms with Crippen LogP contribution < -0.4 is 9.62 Å². The number of hydrogen-bond donors (Lipinski definition) is 2. The number of sulfonamides is 1. The van der Waals surface area contributed by atoms with Gasteiger partial charge in [-0.15, -0.1) is 0 Å². The van der Waals surface area contributed by atoms with E-state index in [-0.39, 0.29) is 21.8 Å². The molecule has 1 aliphatic heterocycles. The average molecular weight is 445 g/mol. The minimum atomic E-state index is -4.22. The maximum absolute atomic E-state index is 14.5. The summed E-state index contributed by atoms with van der Waals surface area (Å²) in [6, 6.07) is 7.59. The van der Waals surface area contributed by atoms with E-state index >= 15 is 0 Å². The lowest BCUT2D eigenvalue weighted by Crippen LogP contribution is -2.36. The molecule has 11 heteroatoms. The number of halogens is 1. The Morgan fingerprint density at radius 1 is 1.29 bits per heavy atom. The van der Waals surface area contributed by atoms with Crippen LogP contribution in [-0.2, 0) is 16.6 Å². The van der Waals surface area contributed by atoms with Crippen LogP contribution in [0.15, 0.2) is 46.0 Å². The van der Waals surface area contributed by atoms with Crippen LogP contribution >= 0.6 is 0 Å². The van der Waals surface area contributed by atoms with Crippen LogP contribution in [0.3, 0.4) is 0 Å². The van der Waals surface area contributed by atoms with Gasteiger partial charge in [0.25, 0.3) is 10.0 Å². The Balaban J connectivity index is 1.47. The Morgan fingerprint density at radius 3 is 2.81 bits per heavy atom. The standard InChI is InChI=1S/C20H20FN5O4S/c1-2-26-18-13(5-3-6-22-18)20(23-26)31(28,29)24-19(27)17-11-14-15(21)9-12(10-16(14)30-17)25-7-4-8-25/h3,5-6,9-11,19,24,27H,2,4,7-8H2,1H3. The normalized spacial score (nSPS) is 15.5. The van der Waals surface area contributed by atoms with Crippen LogP contribution in [-0.4, -0.2) is 41.4 Å². The average Bonchev–Trinajstić information content (AvgIpc) is 3.28. The molecule has 4 aromatic rings. The third-order valence-electron chi connectivity index (χ3n) is 5.38. The summed E-state index contributed by atoms with van der Waals surface area (Å²) in [4.78, 5) is 6.18. The smallest absolute Gasteiger partial charge is 0.263 e. The van der Waals surface area contributed by atoms with Crippen LogP contribution in [0, 0.1) is 5.82 Å². The number of hydrogen-bond acceptors (Lipinski definition) is 7.